The van der Waals surface area contributed by atoms with Crippen molar-refractivity contribution >= 4 is 28.8 Å². The minimum atomic E-state index is -0.303. The summed E-state index contributed by atoms with van der Waals surface area (Å²) in [4.78, 5) is 32.6. The SMILES string of the molecule is CNCC#CC(=O)N1CCCC[C@@H](n2c(N(N)C(=O)C3=CCNNC3)nc3cccc(C)c32)C1. The molecule has 1 atom stereocenters. The van der Waals surface area contributed by atoms with E-state index in [1.165, 1.54) is 0 Å². The molecular weight excluding hydrogens is 432 g/mol. The maximum Gasteiger partial charge on any atom is 0.298 e. The fourth-order valence-corrected chi connectivity index (χ4v) is 4.51. The van der Waals surface area contributed by atoms with Crippen molar-refractivity contribution in [1.29, 1.82) is 0 Å². The molecular formula is C24H32N8O2. The van der Waals surface area contributed by atoms with E-state index in [-0.39, 0.29) is 17.9 Å². The summed E-state index contributed by atoms with van der Waals surface area (Å²) in [6.45, 7) is 4.54. The van der Waals surface area contributed by atoms with Gasteiger partial charge in [-0.3, -0.25) is 20.4 Å². The Balaban J connectivity index is 1.73. The lowest BCUT2D eigenvalue weighted by atomic mass is 10.1. The standard InChI is InChI=1S/C24H32N8O2/c1-17-7-5-9-20-22(17)31(24(29-20)32(25)23(34)18-11-13-27-28-15-18)19-8-3-4-14-30(16-19)21(33)10-6-12-26-2/h5,7,9,11,19,26-28H,3-4,8,12-16,25H2,1-2H3/t19-/m1/s1. The number of imidazole rings is 1. The van der Waals surface area contributed by atoms with E-state index in [4.69, 9.17) is 10.8 Å². The third kappa shape index (κ3) is 4.98. The number of hydrogen-bond acceptors (Lipinski definition) is 7. The minimum Gasteiger partial charge on any atom is -0.330 e. The number of carbonyl (C=O) groups is 2. The summed E-state index contributed by atoms with van der Waals surface area (Å²) in [6.07, 6.45) is 4.51. The van der Waals surface area contributed by atoms with Crippen molar-refractivity contribution in [1.82, 2.24) is 30.6 Å². The maximum absolute atomic E-state index is 13.2. The molecule has 2 aromatic rings. The predicted molar refractivity (Wildman–Crippen MR) is 131 cm³/mol. The Morgan fingerprint density at radius 3 is 2.94 bits per heavy atom. The number of likely N-dealkylation sites (tertiary alicyclic amines) is 1. The minimum absolute atomic E-state index is 0.0855. The zero-order valence-corrected chi connectivity index (χ0v) is 19.7. The number of amides is 2. The number of nitrogens with two attached hydrogens (primary N) is 1. The first-order chi connectivity index (χ1) is 16.5. The van der Waals surface area contributed by atoms with Gasteiger partial charge in [-0.15, -0.1) is 0 Å². The van der Waals surface area contributed by atoms with E-state index in [0.717, 1.165) is 40.9 Å². The van der Waals surface area contributed by atoms with Gasteiger partial charge in [-0.1, -0.05) is 24.1 Å². The van der Waals surface area contributed by atoms with Crippen LogP contribution in [0.15, 0.2) is 29.8 Å². The number of aryl methyl sites for hydroxylation is 1. The van der Waals surface area contributed by atoms with Gasteiger partial charge in [-0.2, -0.15) is 0 Å². The number of para-hydroxylation sites is 1. The topological polar surface area (TPSA) is 121 Å². The zero-order chi connectivity index (χ0) is 24.1. The Hall–Kier alpha value is -3.23. The van der Waals surface area contributed by atoms with Crippen LogP contribution >= 0.6 is 0 Å². The third-order valence-corrected chi connectivity index (χ3v) is 6.22. The van der Waals surface area contributed by atoms with E-state index in [2.05, 4.69) is 28.0 Å². The van der Waals surface area contributed by atoms with E-state index in [9.17, 15) is 9.59 Å². The van der Waals surface area contributed by atoms with Gasteiger partial charge in [0.25, 0.3) is 11.8 Å². The first-order valence-electron chi connectivity index (χ1n) is 11.6. The highest BCUT2D eigenvalue weighted by atomic mass is 16.2. The van der Waals surface area contributed by atoms with Crippen molar-refractivity contribution < 1.29 is 9.59 Å². The number of rotatable bonds is 4. The molecule has 0 spiro atoms. The molecule has 0 bridgehead atoms. The lowest BCUT2D eigenvalue weighted by molar-refractivity contribution is -0.125. The number of nitrogens with one attached hydrogen (secondary N) is 3. The zero-order valence-electron chi connectivity index (χ0n) is 19.7. The first-order valence-corrected chi connectivity index (χ1v) is 11.6. The van der Waals surface area contributed by atoms with Gasteiger partial charge in [0, 0.05) is 31.8 Å². The van der Waals surface area contributed by atoms with Crippen LogP contribution in [0.1, 0.15) is 30.9 Å². The van der Waals surface area contributed by atoms with Crippen LogP contribution in [0.3, 0.4) is 0 Å². The van der Waals surface area contributed by atoms with Crippen molar-refractivity contribution in [3.63, 3.8) is 0 Å². The van der Waals surface area contributed by atoms with E-state index in [1.54, 1.807) is 11.9 Å². The molecule has 2 aliphatic rings. The molecule has 4 rings (SSSR count). The van der Waals surface area contributed by atoms with Crippen molar-refractivity contribution in [2.24, 2.45) is 5.84 Å². The van der Waals surface area contributed by atoms with Gasteiger partial charge in [0.05, 0.1) is 23.6 Å². The van der Waals surface area contributed by atoms with Crippen LogP contribution in [-0.4, -0.2) is 66.0 Å². The summed E-state index contributed by atoms with van der Waals surface area (Å²) < 4.78 is 2.05. The quantitative estimate of drug-likeness (QED) is 0.223. The highest BCUT2D eigenvalue weighted by molar-refractivity contribution is 6.05. The molecule has 2 aliphatic heterocycles. The number of anilines is 1. The maximum atomic E-state index is 13.2. The number of hydrogen-bond donors (Lipinski definition) is 4. The number of aromatic nitrogens is 2. The van der Waals surface area contributed by atoms with Gasteiger partial charge in [0.2, 0.25) is 5.95 Å². The van der Waals surface area contributed by atoms with Gasteiger partial charge in [0.1, 0.15) is 0 Å². The van der Waals surface area contributed by atoms with Crippen molar-refractivity contribution in [2.75, 3.05) is 44.8 Å². The molecule has 1 fully saturated rings. The van der Waals surface area contributed by atoms with Crippen LogP contribution < -0.4 is 27.0 Å². The number of carbonyl (C=O) groups excluding carboxylic acids is 2. The van der Waals surface area contributed by atoms with Crippen molar-refractivity contribution in [3.8, 4) is 11.8 Å². The summed E-state index contributed by atoms with van der Waals surface area (Å²) in [7, 11) is 1.80. The average molecular weight is 465 g/mol. The highest BCUT2D eigenvalue weighted by Crippen LogP contribution is 2.33. The number of benzene rings is 1. The molecule has 10 heteroatoms. The normalized spacial score (nSPS) is 18.6. The van der Waals surface area contributed by atoms with Gasteiger partial charge in [0.15, 0.2) is 0 Å². The van der Waals surface area contributed by atoms with Crippen LogP contribution in [0.4, 0.5) is 5.95 Å². The van der Waals surface area contributed by atoms with Crippen LogP contribution in [0.2, 0.25) is 0 Å². The molecule has 0 saturated carbocycles. The summed E-state index contributed by atoms with van der Waals surface area (Å²) in [6, 6.07) is 5.81. The average Bonchev–Trinajstić information content (AvgIpc) is 3.08. The number of nitrogens with zero attached hydrogens (tertiary/aromatic N) is 4. The van der Waals surface area contributed by atoms with Crippen LogP contribution in [-0.2, 0) is 9.59 Å². The van der Waals surface area contributed by atoms with Gasteiger partial charge < -0.3 is 14.8 Å². The fraction of sp³-hybridized carbons (Fsp3) is 0.458. The van der Waals surface area contributed by atoms with Gasteiger partial charge >= 0.3 is 0 Å². The lowest BCUT2D eigenvalue weighted by Crippen LogP contribution is -2.46. The molecule has 0 unspecified atom stereocenters. The molecule has 0 aliphatic carbocycles. The number of hydrazine groups is 2. The second-order valence-electron chi connectivity index (χ2n) is 8.60. The Morgan fingerprint density at radius 1 is 1.32 bits per heavy atom. The van der Waals surface area contributed by atoms with E-state index in [1.807, 2.05) is 35.8 Å². The van der Waals surface area contributed by atoms with Gasteiger partial charge in [-0.25, -0.2) is 15.8 Å². The first kappa shape index (κ1) is 23.9. The second kappa shape index (κ2) is 10.8. The molecule has 180 valence electrons. The van der Waals surface area contributed by atoms with Crippen LogP contribution in [0, 0.1) is 18.8 Å². The largest absolute Gasteiger partial charge is 0.330 e. The summed E-state index contributed by atoms with van der Waals surface area (Å²) in [5.41, 5.74) is 9.26. The van der Waals surface area contributed by atoms with E-state index < -0.39 is 0 Å². The number of fused-ring (bicyclic) bond motifs is 1. The molecule has 3 heterocycles. The Bertz CT molecular complexity index is 1160. The second-order valence-corrected chi connectivity index (χ2v) is 8.60. The summed E-state index contributed by atoms with van der Waals surface area (Å²) in [5, 5.41) is 4.07. The molecule has 1 aromatic heterocycles. The fourth-order valence-electron chi connectivity index (χ4n) is 4.51. The van der Waals surface area contributed by atoms with Crippen LogP contribution in [0.25, 0.3) is 11.0 Å². The van der Waals surface area contributed by atoms with Crippen molar-refractivity contribution in [3.05, 3.63) is 35.4 Å². The van der Waals surface area contributed by atoms with Crippen LogP contribution in [0.5, 0.6) is 0 Å². The molecule has 5 N–H and O–H groups in total. The Morgan fingerprint density at radius 2 is 2.18 bits per heavy atom. The van der Waals surface area contributed by atoms with Crippen molar-refractivity contribution in [2.45, 2.75) is 32.2 Å². The monoisotopic (exact) mass is 464 g/mol. The van der Waals surface area contributed by atoms with E-state index >= 15 is 0 Å². The van der Waals surface area contributed by atoms with E-state index in [0.29, 0.717) is 44.2 Å². The molecule has 2 amide bonds. The Labute approximate surface area is 199 Å². The highest BCUT2D eigenvalue weighted by Gasteiger charge is 2.30. The predicted octanol–water partition coefficient (Wildman–Crippen LogP) is 0.362. The molecule has 34 heavy (non-hydrogen) atoms. The molecule has 0 radical (unpaired) electrons. The molecule has 1 aromatic carbocycles. The smallest absolute Gasteiger partial charge is 0.298 e. The van der Waals surface area contributed by atoms with Gasteiger partial charge in [-0.05, 0) is 50.8 Å². The molecule has 10 nitrogen and oxygen atoms in total. The Kier molecular flexibility index (Phi) is 7.59. The summed E-state index contributed by atoms with van der Waals surface area (Å²) >= 11 is 0. The summed E-state index contributed by atoms with van der Waals surface area (Å²) in [5.74, 6) is 11.9. The molecule has 1 saturated heterocycles. The third-order valence-electron chi connectivity index (χ3n) is 6.22. The lowest BCUT2D eigenvalue weighted by Gasteiger charge is -2.28.